The van der Waals surface area contributed by atoms with Crippen molar-refractivity contribution in [2.45, 2.75) is 13.3 Å². The molecule has 0 heterocycles. The molecule has 0 saturated carbocycles. The summed E-state index contributed by atoms with van der Waals surface area (Å²) in [5.74, 6) is 0. The Balaban J connectivity index is -0.0000000720. The summed E-state index contributed by atoms with van der Waals surface area (Å²) in [7, 11) is 6.00. The molecule has 0 atom stereocenters. The molecule has 0 spiro atoms. The van der Waals surface area contributed by atoms with Gasteiger partial charge in [0.2, 0.25) is 0 Å². The van der Waals surface area contributed by atoms with Gasteiger partial charge in [0.05, 0.1) is 0 Å². The van der Waals surface area contributed by atoms with Crippen LogP contribution in [0, 0.1) is 0 Å². The molecule has 60 valence electrons. The molecule has 3 heteroatoms. The highest BCUT2D eigenvalue weighted by Gasteiger charge is 1.58. The molecule has 0 rings (SSSR count). The van der Waals surface area contributed by atoms with Crippen LogP contribution >= 0.6 is 12.4 Å². The highest BCUT2D eigenvalue weighted by Crippen LogP contribution is 1.57. The molecule has 0 aliphatic carbocycles. The molecule has 0 aliphatic rings. The van der Waals surface area contributed by atoms with Crippen LogP contribution in [-0.2, 0) is 0 Å². The lowest BCUT2D eigenvalue weighted by Crippen LogP contribution is -1.99. The van der Waals surface area contributed by atoms with Crippen LogP contribution in [0.5, 0.6) is 0 Å². The summed E-state index contributed by atoms with van der Waals surface area (Å²) in [5, 5.41) is 0. The van der Waals surface area contributed by atoms with Gasteiger partial charge in [0.25, 0.3) is 0 Å². The minimum atomic E-state index is 0. The molecule has 0 aromatic carbocycles. The first-order valence-electron chi connectivity index (χ1n) is 2.96. The van der Waals surface area contributed by atoms with Crippen molar-refractivity contribution < 1.29 is 0 Å². The van der Waals surface area contributed by atoms with Crippen molar-refractivity contribution in [1.82, 2.24) is 4.90 Å². The highest BCUT2D eigenvalue weighted by molar-refractivity contribution is 5.85. The molecule has 2 nitrogen and oxygen atoms in total. The van der Waals surface area contributed by atoms with Gasteiger partial charge in [-0.15, -0.1) is 12.4 Å². The van der Waals surface area contributed by atoms with Crippen molar-refractivity contribution in [3.63, 3.8) is 0 Å². The third kappa shape index (κ3) is 216. The summed E-state index contributed by atoms with van der Waals surface area (Å²) in [6.07, 6.45) is 1.10. The van der Waals surface area contributed by atoms with E-state index in [0.717, 1.165) is 13.0 Å². The second kappa shape index (κ2) is 15.7. The van der Waals surface area contributed by atoms with E-state index in [2.05, 4.69) is 6.92 Å². The standard InChI is InChI=1S/2C3H9N.ClH/c1-4(2)3;1-2-3-4;/h1-3H3;2-4H2,1H3;1H. The van der Waals surface area contributed by atoms with Gasteiger partial charge in [-0.3, -0.25) is 0 Å². The maximum atomic E-state index is 5.03. The third-order valence-electron chi connectivity index (χ3n) is 0.289. The Labute approximate surface area is 64.8 Å². The van der Waals surface area contributed by atoms with E-state index in [4.69, 9.17) is 5.73 Å². The fourth-order valence-corrected chi connectivity index (χ4v) is 0. The number of halogens is 1. The molecule has 0 aromatic heterocycles. The molecule has 0 saturated heterocycles. The number of hydrogen-bond acceptors (Lipinski definition) is 2. The average Bonchev–Trinajstić information content (AvgIpc) is 1.65. The Kier molecular flexibility index (Phi) is 28.1. The molecule has 9 heavy (non-hydrogen) atoms. The van der Waals surface area contributed by atoms with Crippen molar-refractivity contribution in [3.8, 4) is 0 Å². The SMILES string of the molecule is CCCN.CN(C)C.Cl. The van der Waals surface area contributed by atoms with Gasteiger partial charge in [0.1, 0.15) is 0 Å². The predicted molar refractivity (Wildman–Crippen MR) is 46.2 cm³/mol. The summed E-state index contributed by atoms with van der Waals surface area (Å²) in [6, 6.07) is 0. The fraction of sp³-hybridized carbons (Fsp3) is 1.00. The van der Waals surface area contributed by atoms with Gasteiger partial charge < -0.3 is 10.6 Å². The van der Waals surface area contributed by atoms with Crippen molar-refractivity contribution in [1.29, 1.82) is 0 Å². The maximum Gasteiger partial charge on any atom is -0.00799 e. The second-order valence-corrected chi connectivity index (χ2v) is 2.13. The molecule has 2 N–H and O–H groups in total. The van der Waals surface area contributed by atoms with E-state index >= 15 is 0 Å². The number of nitrogens with zero attached hydrogens (tertiary/aromatic N) is 1. The van der Waals surface area contributed by atoms with Crippen LogP contribution in [0.1, 0.15) is 13.3 Å². The molecule has 0 radical (unpaired) electrons. The van der Waals surface area contributed by atoms with Crippen molar-refractivity contribution >= 4 is 12.4 Å². The molecule has 0 fully saturated rings. The normalized spacial score (nSPS) is 7.33. The minimum Gasteiger partial charge on any atom is -0.330 e. The first-order valence-corrected chi connectivity index (χ1v) is 2.96. The fourth-order valence-electron chi connectivity index (χ4n) is 0. The van der Waals surface area contributed by atoms with Crippen LogP contribution in [0.15, 0.2) is 0 Å². The van der Waals surface area contributed by atoms with Crippen LogP contribution in [0.25, 0.3) is 0 Å². The largest absolute Gasteiger partial charge is 0.330 e. The molecule has 0 amide bonds. The molecule has 0 unspecified atom stereocenters. The van der Waals surface area contributed by atoms with E-state index in [-0.39, 0.29) is 12.4 Å². The van der Waals surface area contributed by atoms with Gasteiger partial charge in [0.15, 0.2) is 0 Å². The zero-order valence-electron chi connectivity index (χ0n) is 6.85. The first kappa shape index (κ1) is 16.1. The van der Waals surface area contributed by atoms with Crippen molar-refractivity contribution in [2.75, 3.05) is 27.7 Å². The van der Waals surface area contributed by atoms with E-state index in [1.165, 1.54) is 0 Å². The smallest absolute Gasteiger partial charge is 0.00799 e. The summed E-state index contributed by atoms with van der Waals surface area (Å²) in [6.45, 7) is 2.88. The Morgan fingerprint density at radius 3 is 1.33 bits per heavy atom. The van der Waals surface area contributed by atoms with Crippen LogP contribution in [0.2, 0.25) is 0 Å². The van der Waals surface area contributed by atoms with Crippen LogP contribution in [0.3, 0.4) is 0 Å². The first-order chi connectivity index (χ1) is 3.65. The number of hydrogen-bond donors (Lipinski definition) is 1. The van der Waals surface area contributed by atoms with Crippen LogP contribution < -0.4 is 5.73 Å². The quantitative estimate of drug-likeness (QED) is 0.610. The van der Waals surface area contributed by atoms with E-state index < -0.39 is 0 Å². The molecular formula is C6H19ClN2. The predicted octanol–water partition coefficient (Wildman–Crippen LogP) is 0.955. The lowest BCUT2D eigenvalue weighted by molar-refractivity contribution is 0.505. The van der Waals surface area contributed by atoms with E-state index in [0.29, 0.717) is 0 Å². The van der Waals surface area contributed by atoms with E-state index in [9.17, 15) is 0 Å². The molecular weight excluding hydrogens is 136 g/mol. The Morgan fingerprint density at radius 1 is 1.22 bits per heavy atom. The van der Waals surface area contributed by atoms with E-state index in [1.807, 2.05) is 26.0 Å². The number of rotatable bonds is 1. The zero-order valence-corrected chi connectivity index (χ0v) is 7.66. The molecule has 0 aliphatic heterocycles. The van der Waals surface area contributed by atoms with Crippen LogP contribution in [0.4, 0.5) is 0 Å². The summed E-state index contributed by atoms with van der Waals surface area (Å²) < 4.78 is 0. The van der Waals surface area contributed by atoms with Gasteiger partial charge >= 0.3 is 0 Å². The van der Waals surface area contributed by atoms with Gasteiger partial charge in [-0.2, -0.15) is 0 Å². The summed E-state index contributed by atoms with van der Waals surface area (Å²) in [4.78, 5) is 2.00. The Bertz CT molecular complexity index is 27.5. The van der Waals surface area contributed by atoms with Gasteiger partial charge in [-0.05, 0) is 34.1 Å². The maximum absolute atomic E-state index is 5.03. The Hall–Kier alpha value is 0.210. The van der Waals surface area contributed by atoms with Crippen molar-refractivity contribution in [2.24, 2.45) is 5.73 Å². The number of nitrogens with two attached hydrogens (primary N) is 1. The average molecular weight is 155 g/mol. The third-order valence-corrected chi connectivity index (χ3v) is 0.289. The summed E-state index contributed by atoms with van der Waals surface area (Å²) in [5.41, 5.74) is 5.03. The highest BCUT2D eigenvalue weighted by atomic mass is 35.5. The van der Waals surface area contributed by atoms with Crippen LogP contribution in [-0.4, -0.2) is 32.6 Å². The molecule has 0 aromatic rings. The van der Waals surface area contributed by atoms with Crippen molar-refractivity contribution in [3.05, 3.63) is 0 Å². The lowest BCUT2D eigenvalue weighted by Gasteiger charge is -1.90. The van der Waals surface area contributed by atoms with Gasteiger partial charge in [-0.1, -0.05) is 6.92 Å². The van der Waals surface area contributed by atoms with Gasteiger partial charge in [0, 0.05) is 0 Å². The minimum absolute atomic E-state index is 0. The van der Waals surface area contributed by atoms with Gasteiger partial charge in [-0.25, -0.2) is 0 Å². The second-order valence-electron chi connectivity index (χ2n) is 2.13. The molecule has 0 bridgehead atoms. The topological polar surface area (TPSA) is 29.3 Å². The van der Waals surface area contributed by atoms with E-state index in [1.54, 1.807) is 0 Å². The lowest BCUT2D eigenvalue weighted by atomic mass is 10.5. The summed E-state index contributed by atoms with van der Waals surface area (Å²) >= 11 is 0. The monoisotopic (exact) mass is 154 g/mol. The Morgan fingerprint density at radius 2 is 1.33 bits per heavy atom. The zero-order chi connectivity index (χ0) is 6.99.